The summed E-state index contributed by atoms with van der Waals surface area (Å²) in [6.45, 7) is 0.404. The Morgan fingerprint density at radius 3 is 2.30 bits per heavy atom. The summed E-state index contributed by atoms with van der Waals surface area (Å²) < 4.78 is 5.12. The van der Waals surface area contributed by atoms with Crippen molar-refractivity contribution in [3.63, 3.8) is 0 Å². The van der Waals surface area contributed by atoms with Crippen LogP contribution < -0.4 is 9.64 Å². The van der Waals surface area contributed by atoms with Gasteiger partial charge in [0.2, 0.25) is 0 Å². The number of methoxy groups -OCH3 is 1. The molecular formula is C17H19NO2. The molecule has 0 N–H and O–H groups in total. The van der Waals surface area contributed by atoms with E-state index in [1.807, 2.05) is 66.5 Å². The number of ketones is 1. The first-order chi connectivity index (χ1) is 9.69. The number of anilines is 1. The van der Waals surface area contributed by atoms with Crippen LogP contribution in [0.2, 0.25) is 0 Å². The number of carbonyl (C=O) groups is 1. The van der Waals surface area contributed by atoms with Gasteiger partial charge in [0.05, 0.1) is 13.7 Å². The summed E-state index contributed by atoms with van der Waals surface area (Å²) >= 11 is 0. The molecule has 2 aromatic carbocycles. The molecule has 0 heterocycles. The zero-order chi connectivity index (χ0) is 14.4. The first kappa shape index (κ1) is 14.1. The maximum atomic E-state index is 12.1. The predicted octanol–water partition coefficient (Wildman–Crippen LogP) is 2.94. The largest absolute Gasteiger partial charge is 0.497 e. The molecule has 0 aromatic heterocycles. The summed E-state index contributed by atoms with van der Waals surface area (Å²) in [4.78, 5) is 14.0. The van der Waals surface area contributed by atoms with E-state index in [1.54, 1.807) is 7.11 Å². The van der Waals surface area contributed by atoms with Gasteiger partial charge in [0.1, 0.15) is 5.75 Å². The Labute approximate surface area is 119 Å². The Morgan fingerprint density at radius 1 is 1.05 bits per heavy atom. The molecule has 0 saturated carbocycles. The van der Waals surface area contributed by atoms with Crippen LogP contribution in [-0.4, -0.2) is 26.5 Å². The van der Waals surface area contributed by atoms with Crippen LogP contribution in [0.1, 0.15) is 5.56 Å². The topological polar surface area (TPSA) is 29.5 Å². The van der Waals surface area contributed by atoms with E-state index in [2.05, 4.69) is 0 Å². The predicted molar refractivity (Wildman–Crippen MR) is 81.4 cm³/mol. The smallest absolute Gasteiger partial charge is 0.156 e. The zero-order valence-corrected chi connectivity index (χ0v) is 11.9. The molecule has 0 saturated heterocycles. The van der Waals surface area contributed by atoms with E-state index < -0.39 is 0 Å². The molecule has 2 aromatic rings. The normalized spacial score (nSPS) is 10.1. The van der Waals surface area contributed by atoms with Gasteiger partial charge >= 0.3 is 0 Å². The molecule has 0 atom stereocenters. The van der Waals surface area contributed by atoms with E-state index in [9.17, 15) is 4.79 Å². The second kappa shape index (κ2) is 6.75. The van der Waals surface area contributed by atoms with Crippen molar-refractivity contribution in [2.75, 3.05) is 25.6 Å². The lowest BCUT2D eigenvalue weighted by Crippen LogP contribution is -2.26. The molecule has 20 heavy (non-hydrogen) atoms. The van der Waals surface area contributed by atoms with Gasteiger partial charge in [0.15, 0.2) is 5.78 Å². The third-order valence-electron chi connectivity index (χ3n) is 3.17. The summed E-state index contributed by atoms with van der Waals surface area (Å²) in [5.74, 6) is 1.02. The quantitative estimate of drug-likeness (QED) is 0.807. The minimum Gasteiger partial charge on any atom is -0.497 e. The standard InChI is InChI=1S/C17H19NO2/c1-18(15-8-10-17(20-2)11-9-15)13-16(19)12-14-6-4-3-5-7-14/h3-11H,12-13H2,1-2H3. The Hall–Kier alpha value is -2.29. The minimum atomic E-state index is 0.203. The fourth-order valence-corrected chi connectivity index (χ4v) is 2.07. The number of ether oxygens (including phenoxy) is 1. The van der Waals surface area contributed by atoms with E-state index >= 15 is 0 Å². The Balaban J connectivity index is 1.93. The lowest BCUT2D eigenvalue weighted by atomic mass is 10.1. The van der Waals surface area contributed by atoms with Gasteiger partial charge in [0, 0.05) is 19.2 Å². The van der Waals surface area contributed by atoms with Gasteiger partial charge in [-0.1, -0.05) is 30.3 Å². The SMILES string of the molecule is COc1ccc(N(C)CC(=O)Cc2ccccc2)cc1. The molecule has 0 unspecified atom stereocenters. The number of hydrogen-bond donors (Lipinski definition) is 0. The molecule has 104 valence electrons. The summed E-state index contributed by atoms with van der Waals surface area (Å²) in [6, 6.07) is 17.5. The molecular weight excluding hydrogens is 250 g/mol. The van der Waals surface area contributed by atoms with E-state index in [1.165, 1.54) is 0 Å². The third-order valence-corrected chi connectivity index (χ3v) is 3.17. The fourth-order valence-electron chi connectivity index (χ4n) is 2.07. The molecule has 0 fully saturated rings. The number of likely N-dealkylation sites (N-methyl/N-ethyl adjacent to an activating group) is 1. The fraction of sp³-hybridized carbons (Fsp3) is 0.235. The lowest BCUT2D eigenvalue weighted by molar-refractivity contribution is -0.117. The average molecular weight is 269 g/mol. The Kier molecular flexibility index (Phi) is 4.77. The highest BCUT2D eigenvalue weighted by atomic mass is 16.5. The molecule has 0 bridgehead atoms. The molecule has 0 radical (unpaired) electrons. The van der Waals surface area contributed by atoms with Crippen LogP contribution in [0.4, 0.5) is 5.69 Å². The van der Waals surface area contributed by atoms with E-state index in [0.29, 0.717) is 13.0 Å². The molecule has 0 aliphatic rings. The van der Waals surface area contributed by atoms with Gasteiger partial charge in [-0.25, -0.2) is 0 Å². The first-order valence-electron chi connectivity index (χ1n) is 6.60. The molecule has 0 aliphatic carbocycles. The number of Topliss-reactive ketones (excluding diaryl/α,β-unsaturated/α-hetero) is 1. The van der Waals surface area contributed by atoms with Gasteiger partial charge in [-0.05, 0) is 29.8 Å². The van der Waals surface area contributed by atoms with Gasteiger partial charge in [-0.15, -0.1) is 0 Å². The highest BCUT2D eigenvalue weighted by Crippen LogP contribution is 2.18. The van der Waals surface area contributed by atoms with Crippen molar-refractivity contribution in [1.82, 2.24) is 0 Å². The van der Waals surface area contributed by atoms with Crippen molar-refractivity contribution >= 4 is 11.5 Å². The number of nitrogens with zero attached hydrogens (tertiary/aromatic N) is 1. The highest BCUT2D eigenvalue weighted by Gasteiger charge is 2.08. The van der Waals surface area contributed by atoms with Crippen molar-refractivity contribution in [2.45, 2.75) is 6.42 Å². The van der Waals surface area contributed by atoms with Crippen LogP contribution in [0.5, 0.6) is 5.75 Å². The lowest BCUT2D eigenvalue weighted by Gasteiger charge is -2.18. The molecule has 3 nitrogen and oxygen atoms in total. The summed E-state index contributed by atoms with van der Waals surface area (Å²) in [7, 11) is 3.56. The molecule has 2 rings (SSSR count). The number of rotatable bonds is 6. The second-order valence-electron chi connectivity index (χ2n) is 4.76. The van der Waals surface area contributed by atoms with Crippen LogP contribution in [0, 0.1) is 0 Å². The van der Waals surface area contributed by atoms with Gasteiger partial charge in [-0.3, -0.25) is 4.79 Å². The number of carbonyl (C=O) groups excluding carboxylic acids is 1. The summed E-state index contributed by atoms with van der Waals surface area (Å²) in [6.07, 6.45) is 0.474. The second-order valence-corrected chi connectivity index (χ2v) is 4.76. The van der Waals surface area contributed by atoms with Gasteiger partial charge in [0.25, 0.3) is 0 Å². The molecule has 0 aliphatic heterocycles. The van der Waals surface area contributed by atoms with Crippen LogP contribution >= 0.6 is 0 Å². The monoisotopic (exact) mass is 269 g/mol. The Bertz CT molecular complexity index is 549. The van der Waals surface area contributed by atoms with Crippen molar-refractivity contribution in [3.05, 3.63) is 60.2 Å². The minimum absolute atomic E-state index is 0.203. The molecule has 0 amide bonds. The average Bonchev–Trinajstić information content (AvgIpc) is 2.48. The van der Waals surface area contributed by atoms with Crippen molar-refractivity contribution < 1.29 is 9.53 Å². The third kappa shape index (κ3) is 3.85. The van der Waals surface area contributed by atoms with Crippen LogP contribution in [0.3, 0.4) is 0 Å². The summed E-state index contributed by atoms with van der Waals surface area (Å²) in [5, 5.41) is 0. The number of hydrogen-bond acceptors (Lipinski definition) is 3. The van der Waals surface area contributed by atoms with E-state index in [-0.39, 0.29) is 5.78 Å². The number of benzene rings is 2. The maximum absolute atomic E-state index is 12.1. The van der Waals surface area contributed by atoms with Crippen molar-refractivity contribution in [2.24, 2.45) is 0 Å². The van der Waals surface area contributed by atoms with Crippen molar-refractivity contribution in [3.8, 4) is 5.75 Å². The summed E-state index contributed by atoms with van der Waals surface area (Å²) in [5.41, 5.74) is 2.06. The van der Waals surface area contributed by atoms with Crippen LogP contribution in [0.25, 0.3) is 0 Å². The van der Waals surface area contributed by atoms with Gasteiger partial charge < -0.3 is 9.64 Å². The van der Waals surface area contributed by atoms with Crippen molar-refractivity contribution in [1.29, 1.82) is 0 Å². The van der Waals surface area contributed by atoms with E-state index in [4.69, 9.17) is 4.74 Å². The zero-order valence-electron chi connectivity index (χ0n) is 11.9. The van der Waals surface area contributed by atoms with E-state index in [0.717, 1.165) is 17.0 Å². The Morgan fingerprint density at radius 2 is 1.70 bits per heavy atom. The highest BCUT2D eigenvalue weighted by molar-refractivity contribution is 5.85. The molecule has 0 spiro atoms. The molecule has 3 heteroatoms. The maximum Gasteiger partial charge on any atom is 0.156 e. The first-order valence-corrected chi connectivity index (χ1v) is 6.60. The van der Waals surface area contributed by atoms with Crippen LogP contribution in [0.15, 0.2) is 54.6 Å². The van der Waals surface area contributed by atoms with Crippen LogP contribution in [-0.2, 0) is 11.2 Å². The van der Waals surface area contributed by atoms with Gasteiger partial charge in [-0.2, -0.15) is 0 Å².